The van der Waals surface area contributed by atoms with Gasteiger partial charge in [0.1, 0.15) is 5.82 Å². The van der Waals surface area contributed by atoms with Crippen molar-refractivity contribution in [2.45, 2.75) is 0 Å². The zero-order valence-electron chi connectivity index (χ0n) is 11.5. The summed E-state index contributed by atoms with van der Waals surface area (Å²) in [5.41, 5.74) is 7.70. The van der Waals surface area contributed by atoms with E-state index in [9.17, 15) is 0 Å². The molecule has 20 heavy (non-hydrogen) atoms. The van der Waals surface area contributed by atoms with E-state index < -0.39 is 0 Å². The van der Waals surface area contributed by atoms with Crippen LogP contribution in [0.5, 0.6) is 0 Å². The number of aromatic nitrogens is 3. The number of nitrogen functional groups attached to an aromatic ring is 1. The van der Waals surface area contributed by atoms with Gasteiger partial charge in [0.05, 0.1) is 5.69 Å². The van der Waals surface area contributed by atoms with Crippen molar-refractivity contribution in [3.8, 4) is 11.3 Å². The number of hydrogen-bond donors (Lipinski definition) is 1. The first kappa shape index (κ1) is 12.8. The molecule has 104 valence electrons. The maximum atomic E-state index is 5.86. The Hall–Kier alpha value is -2.21. The van der Waals surface area contributed by atoms with Crippen molar-refractivity contribution in [2.75, 3.05) is 43.9 Å². The van der Waals surface area contributed by atoms with Crippen LogP contribution >= 0.6 is 0 Å². The fourth-order valence-corrected chi connectivity index (χ4v) is 2.32. The fourth-order valence-electron chi connectivity index (χ4n) is 2.32. The molecular weight excluding hydrogens is 252 g/mol. The van der Waals surface area contributed by atoms with E-state index in [1.807, 2.05) is 18.2 Å². The summed E-state index contributed by atoms with van der Waals surface area (Å²) >= 11 is 0. The minimum absolute atomic E-state index is 0.313. The zero-order chi connectivity index (χ0) is 13.9. The Balaban J connectivity index is 1.91. The van der Waals surface area contributed by atoms with Crippen LogP contribution in [0.15, 0.2) is 30.6 Å². The highest BCUT2D eigenvalue weighted by molar-refractivity contribution is 5.64. The van der Waals surface area contributed by atoms with E-state index in [1.54, 1.807) is 12.4 Å². The molecule has 1 aliphatic rings. The Morgan fingerprint density at radius 1 is 1.05 bits per heavy atom. The van der Waals surface area contributed by atoms with E-state index in [0.717, 1.165) is 43.3 Å². The second-order valence-corrected chi connectivity index (χ2v) is 5.00. The molecule has 0 atom stereocenters. The average Bonchev–Trinajstić information content (AvgIpc) is 2.48. The number of piperazine rings is 1. The first-order chi connectivity index (χ1) is 9.72. The monoisotopic (exact) mass is 270 g/mol. The molecule has 0 radical (unpaired) electrons. The molecule has 0 spiro atoms. The molecule has 1 fully saturated rings. The predicted molar refractivity (Wildman–Crippen MR) is 79.4 cm³/mol. The summed E-state index contributed by atoms with van der Waals surface area (Å²) in [5, 5.41) is 0. The van der Waals surface area contributed by atoms with Gasteiger partial charge in [-0.05, 0) is 19.2 Å². The molecule has 0 aromatic carbocycles. The molecule has 6 nitrogen and oxygen atoms in total. The Kier molecular flexibility index (Phi) is 3.47. The van der Waals surface area contributed by atoms with Gasteiger partial charge >= 0.3 is 0 Å². The molecule has 2 aromatic heterocycles. The van der Waals surface area contributed by atoms with Crippen molar-refractivity contribution in [1.29, 1.82) is 0 Å². The van der Waals surface area contributed by atoms with Gasteiger partial charge < -0.3 is 15.5 Å². The normalized spacial score (nSPS) is 16.4. The molecule has 6 heteroatoms. The lowest BCUT2D eigenvalue weighted by Gasteiger charge is -2.33. The number of nitrogens with zero attached hydrogens (tertiary/aromatic N) is 5. The second-order valence-electron chi connectivity index (χ2n) is 5.00. The molecule has 0 amide bonds. The van der Waals surface area contributed by atoms with Crippen LogP contribution in [0, 0.1) is 0 Å². The van der Waals surface area contributed by atoms with Crippen molar-refractivity contribution in [3.05, 3.63) is 30.6 Å². The third-order valence-electron chi connectivity index (χ3n) is 3.53. The van der Waals surface area contributed by atoms with Gasteiger partial charge in [0.25, 0.3) is 0 Å². The van der Waals surface area contributed by atoms with Gasteiger partial charge in [0, 0.05) is 50.2 Å². The van der Waals surface area contributed by atoms with Crippen LogP contribution in [0.3, 0.4) is 0 Å². The molecule has 0 unspecified atom stereocenters. The molecule has 0 aliphatic carbocycles. The van der Waals surface area contributed by atoms with Crippen molar-refractivity contribution in [3.63, 3.8) is 0 Å². The summed E-state index contributed by atoms with van der Waals surface area (Å²) in [7, 11) is 2.13. The lowest BCUT2D eigenvalue weighted by Crippen LogP contribution is -2.44. The van der Waals surface area contributed by atoms with Gasteiger partial charge in [-0.15, -0.1) is 0 Å². The van der Waals surface area contributed by atoms with Gasteiger partial charge in [-0.3, -0.25) is 4.98 Å². The smallest absolute Gasteiger partial charge is 0.222 e. The first-order valence-corrected chi connectivity index (χ1v) is 6.71. The summed E-state index contributed by atoms with van der Waals surface area (Å²) < 4.78 is 0. The van der Waals surface area contributed by atoms with E-state index >= 15 is 0 Å². The van der Waals surface area contributed by atoms with Crippen molar-refractivity contribution < 1.29 is 0 Å². The third kappa shape index (κ3) is 2.70. The number of hydrogen-bond acceptors (Lipinski definition) is 6. The van der Waals surface area contributed by atoms with E-state index in [0.29, 0.717) is 5.95 Å². The lowest BCUT2D eigenvalue weighted by atomic mass is 10.2. The van der Waals surface area contributed by atoms with Crippen LogP contribution < -0.4 is 10.6 Å². The fraction of sp³-hybridized carbons (Fsp3) is 0.357. The summed E-state index contributed by atoms with van der Waals surface area (Å²) in [6.45, 7) is 3.99. The van der Waals surface area contributed by atoms with Crippen molar-refractivity contribution >= 4 is 11.8 Å². The molecule has 3 rings (SSSR count). The first-order valence-electron chi connectivity index (χ1n) is 6.71. The number of pyridine rings is 1. The largest absolute Gasteiger partial charge is 0.368 e. The Morgan fingerprint density at radius 2 is 1.75 bits per heavy atom. The summed E-state index contributed by atoms with van der Waals surface area (Å²) in [4.78, 5) is 17.3. The van der Waals surface area contributed by atoms with Crippen LogP contribution in [0.2, 0.25) is 0 Å². The highest BCUT2D eigenvalue weighted by Crippen LogP contribution is 2.22. The average molecular weight is 270 g/mol. The van der Waals surface area contributed by atoms with Gasteiger partial charge in [0.2, 0.25) is 5.95 Å². The molecular formula is C14H18N6. The van der Waals surface area contributed by atoms with Crippen LogP contribution in [0.4, 0.5) is 11.8 Å². The molecule has 2 aromatic rings. The van der Waals surface area contributed by atoms with Gasteiger partial charge in [-0.1, -0.05) is 0 Å². The highest BCUT2D eigenvalue weighted by Gasteiger charge is 2.16. The Labute approximate surface area is 118 Å². The molecule has 0 bridgehead atoms. The van der Waals surface area contributed by atoms with Gasteiger partial charge in [0.15, 0.2) is 0 Å². The van der Waals surface area contributed by atoms with Gasteiger partial charge in [-0.2, -0.15) is 4.98 Å². The quantitative estimate of drug-likeness (QED) is 0.873. The van der Waals surface area contributed by atoms with Crippen molar-refractivity contribution in [2.24, 2.45) is 0 Å². The summed E-state index contributed by atoms with van der Waals surface area (Å²) in [6.07, 6.45) is 3.51. The van der Waals surface area contributed by atoms with Crippen LogP contribution in [-0.2, 0) is 0 Å². The molecule has 0 saturated carbocycles. The Morgan fingerprint density at radius 3 is 2.45 bits per heavy atom. The number of anilines is 2. The number of rotatable bonds is 2. The van der Waals surface area contributed by atoms with Crippen LogP contribution in [0.25, 0.3) is 11.3 Å². The topological polar surface area (TPSA) is 71.2 Å². The molecule has 1 saturated heterocycles. The molecule has 2 N–H and O–H groups in total. The molecule has 1 aliphatic heterocycles. The van der Waals surface area contributed by atoms with Crippen molar-refractivity contribution in [1.82, 2.24) is 19.9 Å². The minimum atomic E-state index is 0.313. The molecule has 3 heterocycles. The maximum Gasteiger partial charge on any atom is 0.222 e. The predicted octanol–water partition coefficient (Wildman–Crippen LogP) is 0.873. The third-order valence-corrected chi connectivity index (χ3v) is 3.53. The van der Waals surface area contributed by atoms with Crippen LogP contribution in [-0.4, -0.2) is 53.1 Å². The Bertz CT molecular complexity index is 577. The summed E-state index contributed by atoms with van der Waals surface area (Å²) in [6, 6.07) is 5.85. The zero-order valence-corrected chi connectivity index (χ0v) is 11.5. The maximum absolute atomic E-state index is 5.86. The van der Waals surface area contributed by atoms with E-state index in [1.165, 1.54) is 0 Å². The standard InChI is InChI=1S/C14H18N6/c1-19-6-8-20(9-7-19)13-10-12(17-14(15)18-13)11-2-4-16-5-3-11/h2-5,10H,6-9H2,1H3,(H2,15,17,18). The van der Waals surface area contributed by atoms with Gasteiger partial charge in [-0.25, -0.2) is 4.98 Å². The van der Waals surface area contributed by atoms with E-state index in [2.05, 4.69) is 31.8 Å². The summed E-state index contributed by atoms with van der Waals surface area (Å²) in [5.74, 6) is 1.21. The second kappa shape index (κ2) is 5.42. The minimum Gasteiger partial charge on any atom is -0.368 e. The van der Waals surface area contributed by atoms with Crippen LogP contribution in [0.1, 0.15) is 0 Å². The highest BCUT2D eigenvalue weighted by atomic mass is 15.3. The lowest BCUT2D eigenvalue weighted by molar-refractivity contribution is 0.312. The van der Waals surface area contributed by atoms with E-state index in [-0.39, 0.29) is 0 Å². The number of nitrogens with two attached hydrogens (primary N) is 1. The number of likely N-dealkylation sites (N-methyl/N-ethyl adjacent to an activating group) is 1. The SMILES string of the molecule is CN1CCN(c2cc(-c3ccncc3)nc(N)n2)CC1. The van der Waals surface area contributed by atoms with E-state index in [4.69, 9.17) is 5.73 Å².